The summed E-state index contributed by atoms with van der Waals surface area (Å²) < 4.78 is 5.27. The van der Waals surface area contributed by atoms with Gasteiger partial charge in [0.15, 0.2) is 0 Å². The predicted octanol–water partition coefficient (Wildman–Crippen LogP) is 3.20. The molecule has 21 heavy (non-hydrogen) atoms. The van der Waals surface area contributed by atoms with E-state index in [-0.39, 0.29) is 12.3 Å². The summed E-state index contributed by atoms with van der Waals surface area (Å²) in [6.45, 7) is 5.45. The topological polar surface area (TPSA) is 59.4 Å². The average molecular weight is 285 g/mol. The van der Waals surface area contributed by atoms with Crippen LogP contribution in [0.2, 0.25) is 0 Å². The summed E-state index contributed by atoms with van der Waals surface area (Å²) in [6, 6.07) is 11.0. The lowest BCUT2D eigenvalue weighted by Crippen LogP contribution is -2.24. The molecular formula is C17H19NO3. The molecule has 1 aromatic carbocycles. The summed E-state index contributed by atoms with van der Waals surface area (Å²) in [5.41, 5.74) is 2.42. The SMILES string of the molecule is CC(C)(C)OC(=O)c1ccc(-c2cccc(CO)c2)cn1. The average Bonchev–Trinajstić information content (AvgIpc) is 2.46. The fraction of sp³-hybridized carbons (Fsp3) is 0.294. The van der Waals surface area contributed by atoms with Crippen LogP contribution in [-0.2, 0) is 11.3 Å². The molecule has 2 rings (SSSR count). The molecule has 110 valence electrons. The van der Waals surface area contributed by atoms with Gasteiger partial charge in [-0.05, 0) is 44.0 Å². The number of hydrogen-bond donors (Lipinski definition) is 1. The Morgan fingerprint density at radius 2 is 1.95 bits per heavy atom. The molecule has 0 unspecified atom stereocenters. The Bertz CT molecular complexity index is 627. The van der Waals surface area contributed by atoms with Crippen molar-refractivity contribution >= 4 is 5.97 Å². The maximum atomic E-state index is 11.9. The Balaban J connectivity index is 2.20. The van der Waals surface area contributed by atoms with Crippen molar-refractivity contribution in [2.24, 2.45) is 0 Å². The molecule has 2 aromatic rings. The molecular weight excluding hydrogens is 266 g/mol. The van der Waals surface area contributed by atoms with E-state index in [2.05, 4.69) is 4.98 Å². The zero-order valence-electron chi connectivity index (χ0n) is 12.5. The van der Waals surface area contributed by atoms with Crippen LogP contribution in [0.3, 0.4) is 0 Å². The van der Waals surface area contributed by atoms with Crippen molar-refractivity contribution in [1.82, 2.24) is 4.98 Å². The number of aliphatic hydroxyl groups excluding tert-OH is 1. The highest BCUT2D eigenvalue weighted by molar-refractivity contribution is 5.88. The third-order valence-corrected chi connectivity index (χ3v) is 2.81. The van der Waals surface area contributed by atoms with Crippen LogP contribution in [0.1, 0.15) is 36.8 Å². The van der Waals surface area contributed by atoms with Gasteiger partial charge in [0.2, 0.25) is 0 Å². The van der Waals surface area contributed by atoms with E-state index in [0.29, 0.717) is 0 Å². The highest BCUT2D eigenvalue weighted by Crippen LogP contribution is 2.20. The van der Waals surface area contributed by atoms with E-state index in [4.69, 9.17) is 9.84 Å². The van der Waals surface area contributed by atoms with Crippen molar-refractivity contribution < 1.29 is 14.6 Å². The van der Waals surface area contributed by atoms with Crippen LogP contribution in [0.5, 0.6) is 0 Å². The number of ether oxygens (including phenoxy) is 1. The van der Waals surface area contributed by atoms with Gasteiger partial charge in [-0.25, -0.2) is 9.78 Å². The molecule has 4 heteroatoms. The largest absolute Gasteiger partial charge is 0.455 e. The van der Waals surface area contributed by atoms with Gasteiger partial charge in [-0.2, -0.15) is 0 Å². The summed E-state index contributed by atoms with van der Waals surface area (Å²) in [4.78, 5) is 16.0. The number of aliphatic hydroxyl groups is 1. The normalized spacial score (nSPS) is 11.2. The maximum absolute atomic E-state index is 11.9. The van der Waals surface area contributed by atoms with Gasteiger partial charge in [0, 0.05) is 11.8 Å². The fourth-order valence-electron chi connectivity index (χ4n) is 1.86. The first-order chi connectivity index (χ1) is 9.89. The Kier molecular flexibility index (Phi) is 4.38. The van der Waals surface area contributed by atoms with Crippen molar-refractivity contribution in [3.05, 3.63) is 53.9 Å². The number of pyridine rings is 1. The number of aromatic nitrogens is 1. The van der Waals surface area contributed by atoms with Gasteiger partial charge < -0.3 is 9.84 Å². The molecule has 0 aliphatic carbocycles. The van der Waals surface area contributed by atoms with Gasteiger partial charge in [-0.15, -0.1) is 0 Å². The van der Waals surface area contributed by atoms with E-state index >= 15 is 0 Å². The highest BCUT2D eigenvalue weighted by atomic mass is 16.6. The summed E-state index contributed by atoms with van der Waals surface area (Å²) in [6.07, 6.45) is 1.63. The van der Waals surface area contributed by atoms with Crippen LogP contribution < -0.4 is 0 Å². The Morgan fingerprint density at radius 1 is 1.19 bits per heavy atom. The maximum Gasteiger partial charge on any atom is 0.357 e. The van der Waals surface area contributed by atoms with E-state index < -0.39 is 11.6 Å². The number of rotatable bonds is 3. The molecule has 0 spiro atoms. The van der Waals surface area contributed by atoms with Crippen molar-refractivity contribution in [3.63, 3.8) is 0 Å². The Morgan fingerprint density at radius 3 is 2.52 bits per heavy atom. The van der Waals surface area contributed by atoms with Gasteiger partial charge in [0.25, 0.3) is 0 Å². The number of nitrogens with zero attached hydrogens (tertiary/aromatic N) is 1. The molecule has 0 fully saturated rings. The molecule has 4 nitrogen and oxygen atoms in total. The zero-order chi connectivity index (χ0) is 15.5. The van der Waals surface area contributed by atoms with Gasteiger partial charge in [-0.3, -0.25) is 0 Å². The highest BCUT2D eigenvalue weighted by Gasteiger charge is 2.18. The molecule has 1 heterocycles. The van der Waals surface area contributed by atoms with Crippen molar-refractivity contribution in [2.75, 3.05) is 0 Å². The Labute approximate surface area is 124 Å². The first kappa shape index (κ1) is 15.2. The monoisotopic (exact) mass is 285 g/mol. The number of esters is 1. The van der Waals surface area contributed by atoms with E-state index in [1.807, 2.05) is 51.1 Å². The first-order valence-corrected chi connectivity index (χ1v) is 6.78. The first-order valence-electron chi connectivity index (χ1n) is 6.78. The number of carbonyl (C=O) groups is 1. The van der Waals surface area contributed by atoms with Crippen LogP contribution in [0.25, 0.3) is 11.1 Å². The van der Waals surface area contributed by atoms with Gasteiger partial charge in [0.1, 0.15) is 11.3 Å². The fourth-order valence-corrected chi connectivity index (χ4v) is 1.86. The minimum atomic E-state index is -0.535. The molecule has 0 aliphatic heterocycles. The van der Waals surface area contributed by atoms with Gasteiger partial charge >= 0.3 is 5.97 Å². The van der Waals surface area contributed by atoms with Gasteiger partial charge in [0.05, 0.1) is 6.61 Å². The second kappa shape index (κ2) is 6.06. The molecule has 1 N–H and O–H groups in total. The third kappa shape index (κ3) is 4.13. The van der Waals surface area contributed by atoms with Crippen LogP contribution >= 0.6 is 0 Å². The van der Waals surface area contributed by atoms with E-state index in [1.165, 1.54) is 0 Å². The lowest BCUT2D eigenvalue weighted by Gasteiger charge is -2.19. The lowest BCUT2D eigenvalue weighted by atomic mass is 10.0. The van der Waals surface area contributed by atoms with Crippen LogP contribution in [0.15, 0.2) is 42.6 Å². The number of hydrogen-bond acceptors (Lipinski definition) is 4. The van der Waals surface area contributed by atoms with Crippen molar-refractivity contribution in [3.8, 4) is 11.1 Å². The van der Waals surface area contributed by atoms with E-state index in [9.17, 15) is 4.79 Å². The number of benzene rings is 1. The summed E-state index contributed by atoms with van der Waals surface area (Å²) >= 11 is 0. The van der Waals surface area contributed by atoms with E-state index in [0.717, 1.165) is 16.7 Å². The summed E-state index contributed by atoms with van der Waals surface area (Å²) in [5.74, 6) is -0.432. The summed E-state index contributed by atoms with van der Waals surface area (Å²) in [7, 11) is 0. The smallest absolute Gasteiger partial charge is 0.357 e. The predicted molar refractivity (Wildman–Crippen MR) is 80.8 cm³/mol. The standard InChI is InChI=1S/C17H19NO3/c1-17(2,3)21-16(20)15-8-7-14(10-18-15)13-6-4-5-12(9-13)11-19/h4-10,19H,11H2,1-3H3. The van der Waals surface area contributed by atoms with Gasteiger partial charge in [-0.1, -0.05) is 24.3 Å². The lowest BCUT2D eigenvalue weighted by molar-refractivity contribution is 0.00629. The minimum Gasteiger partial charge on any atom is -0.455 e. The van der Waals surface area contributed by atoms with Crippen molar-refractivity contribution in [2.45, 2.75) is 33.0 Å². The molecule has 0 saturated carbocycles. The van der Waals surface area contributed by atoms with Crippen LogP contribution in [-0.4, -0.2) is 21.7 Å². The second-order valence-electron chi connectivity index (χ2n) is 5.79. The third-order valence-electron chi connectivity index (χ3n) is 2.81. The molecule has 0 saturated heterocycles. The minimum absolute atomic E-state index is 0.00272. The summed E-state index contributed by atoms with van der Waals surface area (Å²) in [5, 5.41) is 9.16. The molecule has 0 radical (unpaired) electrons. The Hall–Kier alpha value is -2.20. The quantitative estimate of drug-likeness (QED) is 0.880. The molecule has 0 bridgehead atoms. The zero-order valence-corrected chi connectivity index (χ0v) is 12.5. The second-order valence-corrected chi connectivity index (χ2v) is 5.79. The van der Waals surface area contributed by atoms with Crippen molar-refractivity contribution in [1.29, 1.82) is 0 Å². The van der Waals surface area contributed by atoms with E-state index in [1.54, 1.807) is 12.3 Å². The molecule has 1 aromatic heterocycles. The number of carbonyl (C=O) groups excluding carboxylic acids is 1. The molecule has 0 amide bonds. The molecule has 0 atom stereocenters. The van der Waals surface area contributed by atoms with Crippen LogP contribution in [0.4, 0.5) is 0 Å². The molecule has 0 aliphatic rings. The van der Waals surface area contributed by atoms with Crippen LogP contribution in [0, 0.1) is 0 Å².